The largest absolute Gasteiger partial charge is 0.481 e. The molecule has 3 aromatic rings. The minimum absolute atomic E-state index is 0.0124. The maximum absolute atomic E-state index is 13.9. The topological polar surface area (TPSA) is 88.7 Å². The fraction of sp³-hybridized carbons (Fsp3) is 0.423. The monoisotopic (exact) mass is 535 g/mol. The van der Waals surface area contributed by atoms with Crippen LogP contribution in [0.3, 0.4) is 0 Å². The van der Waals surface area contributed by atoms with Gasteiger partial charge in [0.15, 0.2) is 0 Å². The standard InChI is InChI=1S/C26H25ClF3N3O4/c27-19-5-3-18(4-6-19)25(8-1-9-25)15-36-14-22-31-23(32-37-22)20-7-2-16(10-21(20)26(28,29)30)11-33-12-17(13-33)24(34)35/h2-7,10,17H,1,8-9,11-15H2,(H,34,35). The van der Waals surface area contributed by atoms with Gasteiger partial charge in [-0.05, 0) is 42.2 Å². The quantitative estimate of drug-likeness (QED) is 0.383. The van der Waals surface area contributed by atoms with Gasteiger partial charge in [-0.2, -0.15) is 18.2 Å². The lowest BCUT2D eigenvalue weighted by molar-refractivity contribution is -0.147. The van der Waals surface area contributed by atoms with Crippen molar-refractivity contribution in [3.8, 4) is 11.4 Å². The Morgan fingerprint density at radius 1 is 1.19 bits per heavy atom. The molecule has 0 atom stereocenters. The molecule has 5 rings (SSSR count). The van der Waals surface area contributed by atoms with Gasteiger partial charge in [-0.3, -0.25) is 9.69 Å². The SMILES string of the molecule is O=C(O)C1CN(Cc2ccc(-c3noc(COCC4(c5ccc(Cl)cc5)CCC4)n3)c(C(F)(F)F)c2)C1. The number of rotatable bonds is 9. The maximum atomic E-state index is 13.9. The minimum atomic E-state index is -4.63. The first-order valence-corrected chi connectivity index (χ1v) is 12.3. The molecule has 0 spiro atoms. The summed E-state index contributed by atoms with van der Waals surface area (Å²) in [7, 11) is 0. The number of carboxylic acids is 1. The zero-order valence-electron chi connectivity index (χ0n) is 19.8. The summed E-state index contributed by atoms with van der Waals surface area (Å²) >= 11 is 6.00. The van der Waals surface area contributed by atoms with Crippen molar-refractivity contribution < 1.29 is 32.3 Å². The second-order valence-electron chi connectivity index (χ2n) is 9.75. The highest BCUT2D eigenvalue weighted by molar-refractivity contribution is 6.30. The van der Waals surface area contributed by atoms with Crippen molar-refractivity contribution in [3.05, 3.63) is 70.1 Å². The number of carbonyl (C=O) groups is 1. The van der Waals surface area contributed by atoms with Crippen molar-refractivity contribution in [1.82, 2.24) is 15.0 Å². The van der Waals surface area contributed by atoms with Gasteiger partial charge in [0.25, 0.3) is 5.89 Å². The molecule has 0 unspecified atom stereocenters. The number of nitrogens with zero attached hydrogens (tertiary/aromatic N) is 3. The number of carboxylic acid groups (broad SMARTS) is 1. The molecule has 1 N–H and O–H groups in total. The number of aromatic nitrogens is 2. The molecule has 196 valence electrons. The van der Waals surface area contributed by atoms with Crippen LogP contribution in [-0.4, -0.2) is 45.8 Å². The van der Waals surface area contributed by atoms with E-state index < -0.39 is 23.6 Å². The number of ether oxygens (including phenoxy) is 1. The van der Waals surface area contributed by atoms with E-state index in [1.807, 2.05) is 24.3 Å². The van der Waals surface area contributed by atoms with Crippen LogP contribution >= 0.6 is 11.6 Å². The number of hydrogen-bond donors (Lipinski definition) is 1. The highest BCUT2D eigenvalue weighted by Crippen LogP contribution is 2.44. The summed E-state index contributed by atoms with van der Waals surface area (Å²) in [5, 5.41) is 13.4. The van der Waals surface area contributed by atoms with Crippen molar-refractivity contribution >= 4 is 17.6 Å². The van der Waals surface area contributed by atoms with Crippen LogP contribution in [0.5, 0.6) is 0 Å². The normalized spacial score (nSPS) is 17.8. The predicted molar refractivity (Wildman–Crippen MR) is 128 cm³/mol. The summed E-state index contributed by atoms with van der Waals surface area (Å²) in [6.07, 6.45) is -1.60. The Labute approximate surface area is 216 Å². The first kappa shape index (κ1) is 25.7. The molecule has 7 nitrogen and oxygen atoms in total. The molecule has 1 aliphatic carbocycles. The van der Waals surface area contributed by atoms with Crippen LogP contribution in [0.4, 0.5) is 13.2 Å². The number of likely N-dealkylation sites (tertiary alicyclic amines) is 1. The molecule has 2 aromatic carbocycles. The highest BCUT2D eigenvalue weighted by atomic mass is 35.5. The zero-order chi connectivity index (χ0) is 26.2. The lowest BCUT2D eigenvalue weighted by Gasteiger charge is -2.42. The summed E-state index contributed by atoms with van der Waals surface area (Å²) in [5.41, 5.74) is 0.397. The van der Waals surface area contributed by atoms with Crippen molar-refractivity contribution in [2.75, 3.05) is 19.7 Å². The molecule has 2 heterocycles. The number of alkyl halides is 3. The Morgan fingerprint density at radius 2 is 1.92 bits per heavy atom. The molecule has 0 amide bonds. The number of hydrogen-bond acceptors (Lipinski definition) is 6. The third-order valence-electron chi connectivity index (χ3n) is 7.18. The van der Waals surface area contributed by atoms with Crippen LogP contribution in [0.15, 0.2) is 47.0 Å². The van der Waals surface area contributed by atoms with Crippen LogP contribution in [0.1, 0.15) is 41.8 Å². The van der Waals surface area contributed by atoms with E-state index in [2.05, 4.69) is 10.1 Å². The lowest BCUT2D eigenvalue weighted by Crippen LogP contribution is -2.49. The maximum Gasteiger partial charge on any atom is 0.417 e. The van der Waals surface area contributed by atoms with Gasteiger partial charge in [-0.25, -0.2) is 0 Å². The van der Waals surface area contributed by atoms with Gasteiger partial charge in [-0.15, -0.1) is 0 Å². The third kappa shape index (κ3) is 5.51. The summed E-state index contributed by atoms with van der Waals surface area (Å²) < 4.78 is 52.7. The Balaban J connectivity index is 1.25. The van der Waals surface area contributed by atoms with Gasteiger partial charge in [0.05, 0.1) is 18.1 Å². The number of aliphatic carboxylic acids is 1. The van der Waals surface area contributed by atoms with E-state index in [0.717, 1.165) is 30.9 Å². The lowest BCUT2D eigenvalue weighted by atomic mass is 9.65. The molecule has 37 heavy (non-hydrogen) atoms. The second-order valence-corrected chi connectivity index (χ2v) is 10.2. The van der Waals surface area contributed by atoms with Gasteiger partial charge in [-0.1, -0.05) is 47.4 Å². The fourth-order valence-corrected chi connectivity index (χ4v) is 5.04. The Morgan fingerprint density at radius 3 is 2.54 bits per heavy atom. The Kier molecular flexibility index (Phi) is 6.99. The van der Waals surface area contributed by atoms with Crippen LogP contribution in [-0.2, 0) is 34.3 Å². The summed E-state index contributed by atoms with van der Waals surface area (Å²) in [6, 6.07) is 11.6. The summed E-state index contributed by atoms with van der Waals surface area (Å²) in [4.78, 5) is 16.9. The van der Waals surface area contributed by atoms with E-state index in [9.17, 15) is 18.0 Å². The van der Waals surface area contributed by atoms with Crippen LogP contribution in [0.2, 0.25) is 5.02 Å². The predicted octanol–water partition coefficient (Wildman–Crippen LogP) is 5.56. The van der Waals surface area contributed by atoms with Crippen LogP contribution < -0.4 is 0 Å². The van der Waals surface area contributed by atoms with E-state index in [1.54, 1.807) is 11.0 Å². The molecule has 11 heteroatoms. The van der Waals surface area contributed by atoms with Crippen molar-refractivity contribution in [2.24, 2.45) is 5.92 Å². The van der Waals surface area contributed by atoms with E-state index in [-0.39, 0.29) is 35.8 Å². The average Bonchev–Trinajstić information content (AvgIpc) is 3.26. The van der Waals surface area contributed by atoms with E-state index in [1.165, 1.54) is 6.07 Å². The Hall–Kier alpha value is -2.95. The van der Waals surface area contributed by atoms with Gasteiger partial charge < -0.3 is 14.4 Å². The van der Waals surface area contributed by atoms with Gasteiger partial charge in [0, 0.05) is 35.6 Å². The summed E-state index contributed by atoms with van der Waals surface area (Å²) in [5.74, 6) is -1.44. The molecule has 0 bridgehead atoms. The third-order valence-corrected chi connectivity index (χ3v) is 7.43. The fourth-order valence-electron chi connectivity index (χ4n) is 4.91. The van der Waals surface area contributed by atoms with Crippen LogP contribution in [0.25, 0.3) is 11.4 Å². The first-order valence-electron chi connectivity index (χ1n) is 11.9. The minimum Gasteiger partial charge on any atom is -0.481 e. The van der Waals surface area contributed by atoms with Gasteiger partial charge in [0.1, 0.15) is 6.61 Å². The molecule has 0 radical (unpaired) electrons. The average molecular weight is 536 g/mol. The molecular formula is C26H25ClF3N3O4. The molecule has 1 aliphatic heterocycles. The molecule has 2 aliphatic rings. The molecule has 1 saturated carbocycles. The van der Waals surface area contributed by atoms with Crippen LogP contribution in [0, 0.1) is 5.92 Å². The van der Waals surface area contributed by atoms with Crippen molar-refractivity contribution in [3.63, 3.8) is 0 Å². The highest BCUT2D eigenvalue weighted by Gasteiger charge is 2.39. The molecule has 2 fully saturated rings. The summed E-state index contributed by atoms with van der Waals surface area (Å²) in [6.45, 7) is 1.27. The Bertz CT molecular complexity index is 1270. The molecule has 1 saturated heterocycles. The molecule has 1 aromatic heterocycles. The number of benzene rings is 2. The first-order chi connectivity index (χ1) is 17.6. The van der Waals surface area contributed by atoms with Gasteiger partial charge >= 0.3 is 12.1 Å². The van der Waals surface area contributed by atoms with Gasteiger partial charge in [0.2, 0.25) is 5.82 Å². The van der Waals surface area contributed by atoms with E-state index in [4.69, 9.17) is 26.0 Å². The zero-order valence-corrected chi connectivity index (χ0v) is 20.6. The number of halogens is 4. The van der Waals surface area contributed by atoms with E-state index in [0.29, 0.717) is 30.3 Å². The second kappa shape index (κ2) is 10.1. The smallest absolute Gasteiger partial charge is 0.417 e. The van der Waals surface area contributed by atoms with Crippen molar-refractivity contribution in [2.45, 2.75) is 44.0 Å². The molecular weight excluding hydrogens is 511 g/mol. The van der Waals surface area contributed by atoms with E-state index >= 15 is 0 Å². The van der Waals surface area contributed by atoms with Crippen molar-refractivity contribution in [1.29, 1.82) is 0 Å².